The number of nitrogens with zero attached hydrogens (tertiary/aromatic N) is 4. The Balaban J connectivity index is 1.33. The van der Waals surface area contributed by atoms with Gasteiger partial charge in [0, 0.05) is 12.1 Å². The summed E-state index contributed by atoms with van der Waals surface area (Å²) in [5, 5.41) is 14.8. The molecule has 158 valence electrons. The predicted octanol–water partition coefficient (Wildman–Crippen LogP) is 0.731. The first-order chi connectivity index (χ1) is 14.7. The van der Waals surface area contributed by atoms with E-state index >= 15 is 0 Å². The zero-order valence-corrected chi connectivity index (χ0v) is 16.1. The standard InChI is InChI=1S/C19H21N5O6/c1-2-5-20-19(25)30-15-10-29-16-12(9-28-17(15)16)24-18(21-22-23-24)11-3-4-13-14(8-11)27-7-6-26-13/h2-4,8,12,15-17H,1,5-7,9-10H2,(H,20,25)/t12-,15+,16+,17+/m0/s1. The summed E-state index contributed by atoms with van der Waals surface area (Å²) < 4.78 is 30.2. The molecule has 2 aromatic rings. The Morgan fingerprint density at radius 1 is 1.23 bits per heavy atom. The maximum absolute atomic E-state index is 11.9. The Labute approximate surface area is 171 Å². The van der Waals surface area contributed by atoms with Crippen molar-refractivity contribution < 1.29 is 28.5 Å². The van der Waals surface area contributed by atoms with Gasteiger partial charge in [0.1, 0.15) is 31.5 Å². The number of amides is 1. The molecule has 11 nitrogen and oxygen atoms in total. The fraction of sp³-hybridized carbons (Fsp3) is 0.474. The molecule has 4 heterocycles. The molecule has 30 heavy (non-hydrogen) atoms. The Bertz CT molecular complexity index is 949. The van der Waals surface area contributed by atoms with Crippen LogP contribution in [0.2, 0.25) is 0 Å². The fourth-order valence-electron chi connectivity index (χ4n) is 3.88. The van der Waals surface area contributed by atoms with Crippen LogP contribution < -0.4 is 14.8 Å². The van der Waals surface area contributed by atoms with Crippen molar-refractivity contribution in [1.29, 1.82) is 0 Å². The van der Waals surface area contributed by atoms with Gasteiger partial charge in [-0.3, -0.25) is 0 Å². The molecular weight excluding hydrogens is 394 g/mol. The third kappa shape index (κ3) is 3.35. The number of carbonyl (C=O) groups excluding carboxylic acids is 1. The van der Waals surface area contributed by atoms with Gasteiger partial charge in [0.2, 0.25) is 0 Å². The number of tetrazole rings is 1. The lowest BCUT2D eigenvalue weighted by Gasteiger charge is -2.20. The number of fused-ring (bicyclic) bond motifs is 2. The van der Waals surface area contributed by atoms with E-state index < -0.39 is 12.2 Å². The number of aromatic nitrogens is 4. The van der Waals surface area contributed by atoms with Crippen LogP contribution in [0.1, 0.15) is 6.04 Å². The first-order valence-corrected chi connectivity index (χ1v) is 9.71. The third-order valence-electron chi connectivity index (χ3n) is 5.24. The van der Waals surface area contributed by atoms with Crippen LogP contribution in [0.4, 0.5) is 4.79 Å². The summed E-state index contributed by atoms with van der Waals surface area (Å²) in [4.78, 5) is 11.9. The number of hydrogen-bond acceptors (Lipinski definition) is 9. The van der Waals surface area contributed by atoms with Crippen molar-refractivity contribution in [2.24, 2.45) is 0 Å². The number of ether oxygens (including phenoxy) is 5. The number of rotatable bonds is 5. The number of hydrogen-bond donors (Lipinski definition) is 1. The lowest BCUT2D eigenvalue weighted by molar-refractivity contribution is 0.00334. The molecule has 0 saturated carbocycles. The van der Waals surface area contributed by atoms with Gasteiger partial charge in [-0.15, -0.1) is 11.7 Å². The SMILES string of the molecule is C=CCNC(=O)O[C@@H]1CO[C@H]2[C@@H]1OC[C@@H]2n1nnnc1-c1ccc2c(c1)OCCO2. The van der Waals surface area contributed by atoms with Crippen LogP contribution in [0, 0.1) is 0 Å². The van der Waals surface area contributed by atoms with Crippen LogP contribution in [0.15, 0.2) is 30.9 Å². The molecular formula is C19H21N5O6. The smallest absolute Gasteiger partial charge is 0.407 e. The average Bonchev–Trinajstić information content (AvgIpc) is 3.49. The molecule has 4 atom stereocenters. The molecule has 1 N–H and O–H groups in total. The highest BCUT2D eigenvalue weighted by atomic mass is 16.6. The number of nitrogens with one attached hydrogen (secondary N) is 1. The predicted molar refractivity (Wildman–Crippen MR) is 101 cm³/mol. The first kappa shape index (κ1) is 18.8. The summed E-state index contributed by atoms with van der Waals surface area (Å²) in [7, 11) is 0. The molecule has 0 bridgehead atoms. The van der Waals surface area contributed by atoms with Gasteiger partial charge in [-0.05, 0) is 28.6 Å². The molecule has 0 radical (unpaired) electrons. The molecule has 0 unspecified atom stereocenters. The minimum Gasteiger partial charge on any atom is -0.486 e. The van der Waals surface area contributed by atoms with E-state index in [2.05, 4.69) is 27.4 Å². The largest absolute Gasteiger partial charge is 0.486 e. The Kier molecular flexibility index (Phi) is 4.97. The number of alkyl carbamates (subject to hydrolysis) is 1. The van der Waals surface area contributed by atoms with Gasteiger partial charge in [-0.25, -0.2) is 9.48 Å². The monoisotopic (exact) mass is 415 g/mol. The topological polar surface area (TPSA) is 119 Å². The van der Waals surface area contributed by atoms with Crippen molar-refractivity contribution in [2.75, 3.05) is 33.0 Å². The van der Waals surface area contributed by atoms with E-state index in [0.717, 1.165) is 5.56 Å². The molecule has 1 amide bonds. The molecule has 3 aliphatic rings. The van der Waals surface area contributed by atoms with Crippen molar-refractivity contribution >= 4 is 6.09 Å². The Morgan fingerprint density at radius 2 is 2.07 bits per heavy atom. The summed E-state index contributed by atoms with van der Waals surface area (Å²) in [5.74, 6) is 1.92. The molecule has 5 rings (SSSR count). The summed E-state index contributed by atoms with van der Waals surface area (Å²) in [5.41, 5.74) is 0.794. The fourth-order valence-corrected chi connectivity index (χ4v) is 3.88. The number of carbonyl (C=O) groups is 1. The molecule has 2 fully saturated rings. The molecule has 3 aliphatic heterocycles. The summed E-state index contributed by atoms with van der Waals surface area (Å²) in [6.07, 6.45) is -0.174. The maximum atomic E-state index is 11.9. The zero-order valence-electron chi connectivity index (χ0n) is 16.1. The van der Waals surface area contributed by atoms with E-state index in [1.807, 2.05) is 18.2 Å². The van der Waals surface area contributed by atoms with E-state index in [1.54, 1.807) is 10.8 Å². The second-order valence-corrected chi connectivity index (χ2v) is 7.08. The maximum Gasteiger partial charge on any atom is 0.407 e. The average molecular weight is 415 g/mol. The molecule has 0 aliphatic carbocycles. The Hall–Kier alpha value is -3.18. The van der Waals surface area contributed by atoms with Crippen LogP contribution in [0.5, 0.6) is 11.5 Å². The molecule has 1 aromatic carbocycles. The van der Waals surface area contributed by atoms with Gasteiger partial charge in [0.15, 0.2) is 23.4 Å². The van der Waals surface area contributed by atoms with Gasteiger partial charge in [0.05, 0.1) is 13.2 Å². The highest BCUT2D eigenvalue weighted by molar-refractivity contribution is 5.67. The normalized spacial score (nSPS) is 26.8. The van der Waals surface area contributed by atoms with Gasteiger partial charge in [-0.1, -0.05) is 6.08 Å². The molecule has 2 saturated heterocycles. The number of benzene rings is 1. The van der Waals surface area contributed by atoms with Crippen LogP contribution in [0.25, 0.3) is 11.4 Å². The summed E-state index contributed by atoms with van der Waals surface area (Å²) in [6, 6.07) is 5.33. The zero-order chi connectivity index (χ0) is 20.5. The first-order valence-electron chi connectivity index (χ1n) is 9.71. The van der Waals surface area contributed by atoms with Gasteiger partial charge in [0.25, 0.3) is 0 Å². The van der Waals surface area contributed by atoms with Gasteiger partial charge >= 0.3 is 6.09 Å². The second kappa shape index (κ2) is 7.92. The van der Waals surface area contributed by atoms with Crippen molar-refractivity contribution in [2.45, 2.75) is 24.4 Å². The second-order valence-electron chi connectivity index (χ2n) is 7.08. The minimum atomic E-state index is -0.532. The van der Waals surface area contributed by atoms with Gasteiger partial charge < -0.3 is 29.0 Å². The Morgan fingerprint density at radius 3 is 2.93 bits per heavy atom. The highest BCUT2D eigenvalue weighted by Crippen LogP contribution is 2.38. The molecule has 1 aromatic heterocycles. The molecule has 0 spiro atoms. The van der Waals surface area contributed by atoms with Crippen LogP contribution in [-0.2, 0) is 14.2 Å². The van der Waals surface area contributed by atoms with E-state index in [9.17, 15) is 4.79 Å². The van der Waals surface area contributed by atoms with Crippen molar-refractivity contribution in [1.82, 2.24) is 25.5 Å². The third-order valence-corrected chi connectivity index (χ3v) is 5.24. The van der Waals surface area contributed by atoms with Crippen LogP contribution in [-0.4, -0.2) is 77.6 Å². The van der Waals surface area contributed by atoms with E-state index in [1.165, 1.54) is 0 Å². The quantitative estimate of drug-likeness (QED) is 0.705. The minimum absolute atomic E-state index is 0.245. The summed E-state index contributed by atoms with van der Waals surface area (Å²) in [6.45, 7) is 5.49. The van der Waals surface area contributed by atoms with Gasteiger partial charge in [-0.2, -0.15) is 0 Å². The van der Waals surface area contributed by atoms with E-state index in [0.29, 0.717) is 43.7 Å². The van der Waals surface area contributed by atoms with Crippen molar-refractivity contribution in [3.63, 3.8) is 0 Å². The lowest BCUT2D eigenvalue weighted by atomic mass is 10.1. The van der Waals surface area contributed by atoms with Crippen molar-refractivity contribution in [3.05, 3.63) is 30.9 Å². The van der Waals surface area contributed by atoms with Crippen molar-refractivity contribution in [3.8, 4) is 22.9 Å². The van der Waals surface area contributed by atoms with Crippen LogP contribution in [0.3, 0.4) is 0 Å². The summed E-state index contributed by atoms with van der Waals surface area (Å²) >= 11 is 0. The van der Waals surface area contributed by atoms with E-state index in [4.69, 9.17) is 23.7 Å². The van der Waals surface area contributed by atoms with Crippen LogP contribution >= 0.6 is 0 Å². The molecule has 11 heteroatoms. The highest BCUT2D eigenvalue weighted by Gasteiger charge is 2.51. The lowest BCUT2D eigenvalue weighted by Crippen LogP contribution is -2.37. The van der Waals surface area contributed by atoms with E-state index in [-0.39, 0.29) is 24.9 Å².